The number of nitrogens with two attached hydrogens (primary N) is 1. The summed E-state index contributed by atoms with van der Waals surface area (Å²) >= 11 is 0. The van der Waals surface area contributed by atoms with Gasteiger partial charge in [0.15, 0.2) is 6.10 Å². The average molecular weight is 399 g/mol. The minimum absolute atomic E-state index is 0.00119. The third-order valence-electron chi connectivity index (χ3n) is 4.78. The lowest BCUT2D eigenvalue weighted by Crippen LogP contribution is -2.50. The maximum Gasteiger partial charge on any atom is 0.404 e. The van der Waals surface area contributed by atoms with Gasteiger partial charge in [0.2, 0.25) is 0 Å². The Morgan fingerprint density at radius 1 is 1.46 bits per heavy atom. The number of aliphatic hydroxyl groups excluding tert-OH is 1. The molecule has 0 aliphatic carbocycles. The molecule has 1 aliphatic heterocycles. The van der Waals surface area contributed by atoms with Crippen molar-refractivity contribution < 1.29 is 28.7 Å². The van der Waals surface area contributed by atoms with E-state index in [0.29, 0.717) is 32.0 Å². The number of morpholine rings is 1. The first-order valence-corrected chi connectivity index (χ1v) is 9.06. The largest absolute Gasteiger partial charge is 0.447 e. The van der Waals surface area contributed by atoms with Crippen molar-refractivity contribution in [3.8, 4) is 0 Å². The SMILES string of the molecule is CC(C)CC(c1ccc(N2CCOCC2)c(F)c1)(C(O)COC(N)=O)[N+](=O)[O-]. The van der Waals surface area contributed by atoms with Gasteiger partial charge in [0.05, 0.1) is 18.9 Å². The molecule has 0 bridgehead atoms. The van der Waals surface area contributed by atoms with Crippen LogP contribution in [0.1, 0.15) is 25.8 Å². The standard InChI is InChI=1S/C18H26FN3O6/c1-12(2)10-18(22(25)26,16(23)11-28-17(20)24)13-3-4-15(14(19)9-13)21-5-7-27-8-6-21/h3-4,9,12,16,23H,5-8,10-11H2,1-2H3,(H2,20,24). The Hall–Kier alpha value is -2.46. The van der Waals surface area contributed by atoms with Crippen molar-refractivity contribution in [3.63, 3.8) is 0 Å². The van der Waals surface area contributed by atoms with Gasteiger partial charge in [-0.05, 0) is 24.1 Å². The molecule has 1 aliphatic rings. The highest BCUT2D eigenvalue weighted by molar-refractivity contribution is 5.64. The van der Waals surface area contributed by atoms with Crippen LogP contribution in [0.25, 0.3) is 0 Å². The summed E-state index contributed by atoms with van der Waals surface area (Å²) in [6, 6.07) is 3.98. The summed E-state index contributed by atoms with van der Waals surface area (Å²) in [5.74, 6) is -0.826. The first kappa shape index (κ1) is 21.8. The lowest BCUT2D eigenvalue weighted by Gasteiger charge is -2.33. The third-order valence-corrected chi connectivity index (χ3v) is 4.78. The van der Waals surface area contributed by atoms with E-state index in [1.807, 2.05) is 0 Å². The highest BCUT2D eigenvalue weighted by Gasteiger charge is 2.53. The summed E-state index contributed by atoms with van der Waals surface area (Å²) in [6.07, 6.45) is -2.94. The zero-order valence-corrected chi connectivity index (χ0v) is 16.0. The second-order valence-electron chi connectivity index (χ2n) is 7.19. The second kappa shape index (κ2) is 9.16. The van der Waals surface area contributed by atoms with E-state index in [2.05, 4.69) is 4.74 Å². The number of halogens is 1. The molecule has 9 nitrogen and oxygen atoms in total. The number of ether oxygens (including phenoxy) is 2. The number of hydrogen-bond acceptors (Lipinski definition) is 7. The maximum atomic E-state index is 14.9. The first-order valence-electron chi connectivity index (χ1n) is 9.06. The third kappa shape index (κ3) is 4.68. The molecule has 0 spiro atoms. The minimum Gasteiger partial charge on any atom is -0.447 e. The average Bonchev–Trinajstić information content (AvgIpc) is 2.64. The van der Waals surface area contributed by atoms with Gasteiger partial charge in [0, 0.05) is 30.0 Å². The van der Waals surface area contributed by atoms with E-state index in [1.54, 1.807) is 18.7 Å². The number of primary amides is 1. The molecule has 2 rings (SSSR count). The smallest absolute Gasteiger partial charge is 0.404 e. The molecule has 1 amide bonds. The van der Waals surface area contributed by atoms with Gasteiger partial charge in [-0.25, -0.2) is 9.18 Å². The number of hydrogen-bond donors (Lipinski definition) is 2. The van der Waals surface area contributed by atoms with Crippen molar-refractivity contribution in [1.29, 1.82) is 0 Å². The Morgan fingerprint density at radius 2 is 2.11 bits per heavy atom. The van der Waals surface area contributed by atoms with Crippen molar-refractivity contribution in [3.05, 3.63) is 39.7 Å². The van der Waals surface area contributed by atoms with Crippen LogP contribution in [0.4, 0.5) is 14.9 Å². The van der Waals surface area contributed by atoms with E-state index in [4.69, 9.17) is 10.5 Å². The summed E-state index contributed by atoms with van der Waals surface area (Å²) in [4.78, 5) is 24.1. The van der Waals surface area contributed by atoms with Crippen LogP contribution in [-0.2, 0) is 15.0 Å². The Morgan fingerprint density at radius 3 is 2.61 bits per heavy atom. The molecule has 1 aromatic rings. The van der Waals surface area contributed by atoms with Gasteiger partial charge in [-0.3, -0.25) is 10.1 Å². The van der Waals surface area contributed by atoms with E-state index in [9.17, 15) is 24.4 Å². The van der Waals surface area contributed by atoms with Gasteiger partial charge in [-0.2, -0.15) is 0 Å². The maximum absolute atomic E-state index is 14.9. The number of rotatable bonds is 8. The van der Waals surface area contributed by atoms with E-state index in [1.165, 1.54) is 12.1 Å². The number of carbonyl (C=O) groups excluding carboxylic acids is 1. The van der Waals surface area contributed by atoms with Gasteiger partial charge in [-0.15, -0.1) is 0 Å². The molecule has 1 heterocycles. The number of aliphatic hydroxyl groups is 1. The highest BCUT2D eigenvalue weighted by Crippen LogP contribution is 2.38. The number of anilines is 1. The van der Waals surface area contributed by atoms with Gasteiger partial charge < -0.3 is 25.2 Å². The molecule has 0 aromatic heterocycles. The number of amides is 1. The van der Waals surface area contributed by atoms with Crippen LogP contribution in [0.2, 0.25) is 0 Å². The van der Waals surface area contributed by atoms with Crippen molar-refractivity contribution in [1.82, 2.24) is 0 Å². The molecule has 156 valence electrons. The molecular formula is C18H26FN3O6. The molecular weight excluding hydrogens is 373 g/mol. The fourth-order valence-corrected chi connectivity index (χ4v) is 3.51. The zero-order chi connectivity index (χ0) is 20.9. The van der Waals surface area contributed by atoms with Crippen LogP contribution in [0, 0.1) is 21.8 Å². The first-order chi connectivity index (χ1) is 13.2. The van der Waals surface area contributed by atoms with Gasteiger partial charge in [-0.1, -0.05) is 13.8 Å². The van der Waals surface area contributed by atoms with E-state index < -0.39 is 35.1 Å². The predicted octanol–water partition coefficient (Wildman–Crippen LogP) is 1.64. The van der Waals surface area contributed by atoms with Crippen LogP contribution >= 0.6 is 0 Å². The lowest BCUT2D eigenvalue weighted by molar-refractivity contribution is -0.596. The van der Waals surface area contributed by atoms with E-state index in [-0.39, 0.29) is 17.9 Å². The molecule has 0 saturated carbocycles. The minimum atomic E-state index is -2.05. The van der Waals surface area contributed by atoms with Crippen LogP contribution in [0.5, 0.6) is 0 Å². The molecule has 28 heavy (non-hydrogen) atoms. The quantitative estimate of drug-likeness (QED) is 0.502. The summed E-state index contributed by atoms with van der Waals surface area (Å²) in [5, 5.41) is 22.6. The lowest BCUT2D eigenvalue weighted by atomic mass is 9.78. The van der Waals surface area contributed by atoms with E-state index >= 15 is 0 Å². The summed E-state index contributed by atoms with van der Waals surface area (Å²) in [6.45, 7) is 4.79. The molecule has 0 radical (unpaired) electrons. The summed E-state index contributed by atoms with van der Waals surface area (Å²) in [5.41, 5.74) is 3.18. The fourth-order valence-electron chi connectivity index (χ4n) is 3.51. The summed E-state index contributed by atoms with van der Waals surface area (Å²) < 4.78 is 24.7. The van der Waals surface area contributed by atoms with Crippen LogP contribution in [-0.4, -0.2) is 55.1 Å². The number of nitro groups is 1. The number of benzene rings is 1. The Labute approximate surface area is 162 Å². The molecule has 1 aromatic carbocycles. The van der Waals surface area contributed by atoms with Gasteiger partial charge >= 0.3 is 6.09 Å². The molecule has 2 atom stereocenters. The monoisotopic (exact) mass is 399 g/mol. The van der Waals surface area contributed by atoms with E-state index in [0.717, 1.165) is 6.07 Å². The Bertz CT molecular complexity index is 711. The molecule has 1 fully saturated rings. The van der Waals surface area contributed by atoms with Crippen molar-refractivity contribution in [2.45, 2.75) is 31.9 Å². The molecule has 10 heteroatoms. The fraction of sp³-hybridized carbons (Fsp3) is 0.611. The van der Waals surface area contributed by atoms with Crippen molar-refractivity contribution in [2.75, 3.05) is 37.8 Å². The Balaban J connectivity index is 2.45. The number of nitrogens with zero attached hydrogens (tertiary/aromatic N) is 2. The molecule has 3 N–H and O–H groups in total. The normalized spacial score (nSPS) is 17.8. The van der Waals surface area contributed by atoms with Crippen molar-refractivity contribution >= 4 is 11.8 Å². The zero-order valence-electron chi connectivity index (χ0n) is 16.0. The summed E-state index contributed by atoms with van der Waals surface area (Å²) in [7, 11) is 0. The molecule has 1 saturated heterocycles. The van der Waals surface area contributed by atoms with Gasteiger partial charge in [0.25, 0.3) is 5.54 Å². The predicted molar refractivity (Wildman–Crippen MR) is 99.1 cm³/mol. The second-order valence-corrected chi connectivity index (χ2v) is 7.19. The van der Waals surface area contributed by atoms with Crippen LogP contribution in [0.3, 0.4) is 0 Å². The van der Waals surface area contributed by atoms with Gasteiger partial charge in [0.1, 0.15) is 12.4 Å². The Kier molecular flexibility index (Phi) is 7.14. The molecule has 2 unspecified atom stereocenters. The number of carbonyl (C=O) groups is 1. The van der Waals surface area contributed by atoms with Crippen LogP contribution < -0.4 is 10.6 Å². The van der Waals surface area contributed by atoms with Crippen LogP contribution in [0.15, 0.2) is 18.2 Å². The highest BCUT2D eigenvalue weighted by atomic mass is 19.1. The van der Waals surface area contributed by atoms with Crippen molar-refractivity contribution in [2.24, 2.45) is 11.7 Å². The topological polar surface area (TPSA) is 128 Å².